The van der Waals surface area contributed by atoms with Crippen LogP contribution in [0, 0.1) is 4.64 Å². The van der Waals surface area contributed by atoms with Crippen LogP contribution in [0.1, 0.15) is 16.7 Å². The summed E-state index contributed by atoms with van der Waals surface area (Å²) in [6, 6.07) is 8.63. The summed E-state index contributed by atoms with van der Waals surface area (Å²) in [6.45, 7) is 4.26. The Morgan fingerprint density at radius 2 is 1.86 bits per heavy atom. The molecule has 0 aliphatic heterocycles. The zero-order valence-electron chi connectivity index (χ0n) is 11.0. The fourth-order valence-electron chi connectivity index (χ4n) is 1.77. The molecule has 1 aromatic heterocycles. The Morgan fingerprint density at radius 3 is 2.43 bits per heavy atom. The molecule has 2 aromatic rings. The maximum atomic E-state index is 12.5. The van der Waals surface area contributed by atoms with Crippen LogP contribution in [0.2, 0.25) is 0 Å². The summed E-state index contributed by atoms with van der Waals surface area (Å²) in [5.41, 5.74) is 1.46. The lowest BCUT2D eigenvalue weighted by Crippen LogP contribution is -2.12. The summed E-state index contributed by atoms with van der Waals surface area (Å²) in [7, 11) is 0. The Kier molecular flexibility index (Phi) is 4.47. The van der Waals surface area contributed by atoms with E-state index in [1.165, 1.54) is 12.1 Å². The molecular weight excluding hydrogens is 297 g/mol. The third-order valence-electron chi connectivity index (χ3n) is 2.93. The number of aromatic nitrogens is 1. The van der Waals surface area contributed by atoms with Gasteiger partial charge in [0.15, 0.2) is 0 Å². The number of H-pyrrole nitrogens is 1. The summed E-state index contributed by atoms with van der Waals surface area (Å²) in [5.74, 6) is 0. The average Bonchev–Trinajstić information content (AvgIpc) is 2.45. The molecule has 2 nitrogen and oxygen atoms in total. The van der Waals surface area contributed by atoms with Gasteiger partial charge >= 0.3 is 6.18 Å². The van der Waals surface area contributed by atoms with Gasteiger partial charge in [-0.25, -0.2) is 0 Å². The first kappa shape index (κ1) is 15.3. The number of halogens is 3. The molecule has 0 unspecified atom stereocenters. The van der Waals surface area contributed by atoms with E-state index in [-0.39, 0.29) is 0 Å². The Hall–Kier alpha value is -2.08. The maximum absolute atomic E-state index is 12.5. The van der Waals surface area contributed by atoms with E-state index in [0.29, 0.717) is 16.9 Å². The van der Waals surface area contributed by atoms with Gasteiger partial charge in [-0.1, -0.05) is 30.9 Å². The molecule has 6 heteroatoms. The van der Waals surface area contributed by atoms with Crippen molar-refractivity contribution in [2.75, 3.05) is 0 Å². The lowest BCUT2D eigenvalue weighted by molar-refractivity contribution is -0.137. The highest BCUT2D eigenvalue weighted by Gasteiger charge is 2.29. The number of pyridine rings is 1. The number of hydrogen-bond acceptors (Lipinski definition) is 2. The highest BCUT2D eigenvalue weighted by Crippen LogP contribution is 2.29. The minimum atomic E-state index is -4.31. The molecule has 1 aromatic carbocycles. The van der Waals surface area contributed by atoms with E-state index in [1.54, 1.807) is 12.3 Å². The molecule has 0 radical (unpaired) electrons. The monoisotopic (exact) mass is 310 g/mol. The fraction of sp³-hybridized carbons (Fsp3) is 0.133. The Balaban J connectivity index is 2.02. The van der Waals surface area contributed by atoms with Crippen molar-refractivity contribution in [2.24, 2.45) is 0 Å². The van der Waals surface area contributed by atoms with Gasteiger partial charge in [0.2, 0.25) is 0 Å². The molecule has 110 valence electrons. The van der Waals surface area contributed by atoms with Crippen LogP contribution in [0.4, 0.5) is 13.2 Å². The van der Waals surface area contributed by atoms with Gasteiger partial charge in [0.05, 0.1) is 5.56 Å². The predicted octanol–water partition coefficient (Wildman–Crippen LogP) is 4.52. The van der Waals surface area contributed by atoms with Gasteiger partial charge < -0.3 is 10.3 Å². The zero-order valence-corrected chi connectivity index (χ0v) is 11.8. The third-order valence-corrected chi connectivity index (χ3v) is 3.27. The number of rotatable bonds is 4. The first-order chi connectivity index (χ1) is 9.88. The summed E-state index contributed by atoms with van der Waals surface area (Å²) < 4.78 is 37.9. The van der Waals surface area contributed by atoms with E-state index in [1.807, 2.05) is 6.07 Å². The molecule has 0 amide bonds. The SMILES string of the molecule is C=C(NCc1ccc(C(F)(F)F)cc1)c1ccc[nH]c1=S. The molecule has 2 rings (SSSR count). The number of benzene rings is 1. The lowest BCUT2D eigenvalue weighted by atomic mass is 10.1. The number of aromatic amines is 1. The second-order valence-electron chi connectivity index (χ2n) is 4.44. The quantitative estimate of drug-likeness (QED) is 0.812. The fourth-order valence-corrected chi connectivity index (χ4v) is 2.03. The van der Waals surface area contributed by atoms with Gasteiger partial charge in [-0.15, -0.1) is 0 Å². The highest BCUT2D eigenvalue weighted by molar-refractivity contribution is 7.71. The molecule has 21 heavy (non-hydrogen) atoms. The molecule has 0 saturated heterocycles. The third kappa shape index (κ3) is 3.95. The van der Waals surface area contributed by atoms with Crippen molar-refractivity contribution in [3.63, 3.8) is 0 Å². The van der Waals surface area contributed by atoms with Gasteiger partial charge in [-0.3, -0.25) is 0 Å². The predicted molar refractivity (Wildman–Crippen MR) is 78.9 cm³/mol. The summed E-state index contributed by atoms with van der Waals surface area (Å²) >= 11 is 5.14. The average molecular weight is 310 g/mol. The molecule has 1 heterocycles. The first-order valence-corrected chi connectivity index (χ1v) is 6.56. The van der Waals surface area contributed by atoms with E-state index in [4.69, 9.17) is 12.2 Å². The van der Waals surface area contributed by atoms with Crippen LogP contribution in [0.15, 0.2) is 49.2 Å². The largest absolute Gasteiger partial charge is 0.416 e. The summed E-state index contributed by atoms with van der Waals surface area (Å²) in [6.07, 6.45) is -2.60. The lowest BCUT2D eigenvalue weighted by Gasteiger charge is -2.11. The Labute approximate surface area is 125 Å². The number of nitrogens with one attached hydrogen (secondary N) is 2. The van der Waals surface area contributed by atoms with Crippen LogP contribution in [0.5, 0.6) is 0 Å². The van der Waals surface area contributed by atoms with E-state index >= 15 is 0 Å². The molecule has 0 spiro atoms. The van der Waals surface area contributed by atoms with Gasteiger partial charge in [0, 0.05) is 24.0 Å². The Morgan fingerprint density at radius 1 is 1.19 bits per heavy atom. The second-order valence-corrected chi connectivity index (χ2v) is 4.85. The van der Waals surface area contributed by atoms with Crippen LogP contribution < -0.4 is 5.32 Å². The van der Waals surface area contributed by atoms with Gasteiger partial charge in [-0.2, -0.15) is 13.2 Å². The molecule has 0 atom stereocenters. The molecule has 0 bridgehead atoms. The van der Waals surface area contributed by atoms with Gasteiger partial charge in [-0.05, 0) is 29.8 Å². The molecule has 0 aliphatic carbocycles. The summed E-state index contributed by atoms with van der Waals surface area (Å²) in [5, 5.41) is 3.05. The topological polar surface area (TPSA) is 27.8 Å². The van der Waals surface area contributed by atoms with Crippen LogP contribution in [0.3, 0.4) is 0 Å². The first-order valence-electron chi connectivity index (χ1n) is 6.15. The van der Waals surface area contributed by atoms with Crippen molar-refractivity contribution in [1.29, 1.82) is 0 Å². The van der Waals surface area contributed by atoms with Gasteiger partial charge in [0.1, 0.15) is 4.64 Å². The van der Waals surface area contributed by atoms with Crippen LogP contribution >= 0.6 is 12.2 Å². The summed E-state index contributed by atoms with van der Waals surface area (Å²) in [4.78, 5) is 2.89. The normalized spacial score (nSPS) is 11.2. The second kappa shape index (κ2) is 6.13. The van der Waals surface area contributed by atoms with E-state index in [2.05, 4.69) is 16.9 Å². The minimum Gasteiger partial charge on any atom is -0.381 e. The standard InChI is InChI=1S/C15H13F3N2S/c1-10(13-3-2-8-19-14(13)21)20-9-11-4-6-12(7-5-11)15(16,17)18/h2-8,20H,1,9H2,(H,19,21). The Bertz CT molecular complexity index is 687. The van der Waals surface area contributed by atoms with Gasteiger partial charge in [0.25, 0.3) is 0 Å². The number of hydrogen-bond donors (Lipinski definition) is 2. The zero-order chi connectivity index (χ0) is 15.5. The smallest absolute Gasteiger partial charge is 0.381 e. The number of alkyl halides is 3. The van der Waals surface area contributed by atoms with Crippen LogP contribution in [-0.2, 0) is 12.7 Å². The molecular formula is C15H13F3N2S. The van der Waals surface area contributed by atoms with Crippen LogP contribution in [-0.4, -0.2) is 4.98 Å². The highest BCUT2D eigenvalue weighted by atomic mass is 32.1. The van der Waals surface area contributed by atoms with Crippen molar-refractivity contribution >= 4 is 17.9 Å². The minimum absolute atomic E-state index is 0.376. The van der Waals surface area contributed by atoms with Crippen molar-refractivity contribution in [2.45, 2.75) is 12.7 Å². The van der Waals surface area contributed by atoms with Crippen molar-refractivity contribution in [3.05, 3.63) is 70.5 Å². The van der Waals surface area contributed by atoms with Crippen molar-refractivity contribution in [1.82, 2.24) is 10.3 Å². The van der Waals surface area contributed by atoms with E-state index in [9.17, 15) is 13.2 Å². The molecule has 0 saturated carbocycles. The van der Waals surface area contributed by atoms with Crippen LogP contribution in [0.25, 0.3) is 5.70 Å². The van der Waals surface area contributed by atoms with Crippen molar-refractivity contribution in [3.8, 4) is 0 Å². The maximum Gasteiger partial charge on any atom is 0.416 e. The molecule has 2 N–H and O–H groups in total. The molecule has 0 fully saturated rings. The van der Waals surface area contributed by atoms with Crippen molar-refractivity contribution < 1.29 is 13.2 Å². The van der Waals surface area contributed by atoms with E-state index < -0.39 is 11.7 Å². The molecule has 0 aliphatic rings. The van der Waals surface area contributed by atoms with E-state index in [0.717, 1.165) is 23.3 Å².